The van der Waals surface area contributed by atoms with Crippen molar-refractivity contribution < 1.29 is 22.7 Å². The standard InChI is InChI=1S/C18H17F3N2O2.ClH/c19-18(20,21)13-4-2-6-16(10-13)25-15-5-1-3-12(9-15)17(24)23-14-7-8-22-11-14;/h1-6,9-10,14,22H,7-8,11H2,(H,23,24);1H. The predicted molar refractivity (Wildman–Crippen MR) is 93.9 cm³/mol. The van der Waals surface area contributed by atoms with E-state index in [0.29, 0.717) is 11.3 Å². The van der Waals surface area contributed by atoms with Crippen LogP contribution in [0.1, 0.15) is 22.3 Å². The SMILES string of the molecule is Cl.O=C(NC1CCNC1)c1cccc(Oc2cccc(C(F)(F)F)c2)c1. The van der Waals surface area contributed by atoms with Gasteiger partial charge in [0, 0.05) is 18.2 Å². The average molecular weight is 387 g/mol. The number of nitrogens with one attached hydrogen (secondary N) is 2. The van der Waals surface area contributed by atoms with Gasteiger partial charge in [0.25, 0.3) is 5.91 Å². The third kappa shape index (κ3) is 5.12. The molecule has 1 fully saturated rings. The van der Waals surface area contributed by atoms with Crippen molar-refractivity contribution in [1.82, 2.24) is 10.6 Å². The van der Waals surface area contributed by atoms with Crippen molar-refractivity contribution in [2.24, 2.45) is 0 Å². The Hall–Kier alpha value is -2.25. The minimum absolute atomic E-state index is 0. The second-order valence-electron chi connectivity index (χ2n) is 5.82. The van der Waals surface area contributed by atoms with Crippen LogP contribution in [0.5, 0.6) is 11.5 Å². The largest absolute Gasteiger partial charge is 0.457 e. The Morgan fingerprint density at radius 3 is 2.46 bits per heavy atom. The highest BCUT2D eigenvalue weighted by atomic mass is 35.5. The van der Waals surface area contributed by atoms with E-state index in [1.165, 1.54) is 18.2 Å². The van der Waals surface area contributed by atoms with E-state index in [0.717, 1.165) is 31.6 Å². The molecule has 1 amide bonds. The summed E-state index contributed by atoms with van der Waals surface area (Å²) in [6.45, 7) is 1.59. The summed E-state index contributed by atoms with van der Waals surface area (Å²) in [6.07, 6.45) is -3.57. The van der Waals surface area contributed by atoms with Gasteiger partial charge in [-0.3, -0.25) is 4.79 Å². The lowest BCUT2D eigenvalue weighted by Gasteiger charge is -2.13. The lowest BCUT2D eigenvalue weighted by atomic mass is 10.1. The summed E-state index contributed by atoms with van der Waals surface area (Å²) in [5, 5.41) is 6.07. The van der Waals surface area contributed by atoms with Gasteiger partial charge >= 0.3 is 6.18 Å². The molecule has 3 rings (SSSR count). The lowest BCUT2D eigenvalue weighted by molar-refractivity contribution is -0.137. The maximum absolute atomic E-state index is 12.8. The van der Waals surface area contributed by atoms with Crippen LogP contribution < -0.4 is 15.4 Å². The molecule has 0 saturated carbocycles. The van der Waals surface area contributed by atoms with E-state index >= 15 is 0 Å². The van der Waals surface area contributed by atoms with Gasteiger partial charge in [0.15, 0.2) is 0 Å². The fraction of sp³-hybridized carbons (Fsp3) is 0.278. The molecule has 8 heteroatoms. The molecule has 1 saturated heterocycles. The zero-order chi connectivity index (χ0) is 17.9. The summed E-state index contributed by atoms with van der Waals surface area (Å²) in [7, 11) is 0. The summed E-state index contributed by atoms with van der Waals surface area (Å²) in [4.78, 5) is 12.2. The van der Waals surface area contributed by atoms with Crippen molar-refractivity contribution in [3.63, 3.8) is 0 Å². The van der Waals surface area contributed by atoms with E-state index in [1.807, 2.05) is 0 Å². The van der Waals surface area contributed by atoms with Crippen molar-refractivity contribution in [1.29, 1.82) is 0 Å². The molecule has 1 atom stereocenters. The third-order valence-electron chi connectivity index (χ3n) is 3.89. The Morgan fingerprint density at radius 1 is 1.12 bits per heavy atom. The van der Waals surface area contributed by atoms with Crippen LogP contribution in [0, 0.1) is 0 Å². The van der Waals surface area contributed by atoms with Crippen LogP contribution in [0.2, 0.25) is 0 Å². The molecule has 0 aliphatic carbocycles. The van der Waals surface area contributed by atoms with E-state index in [2.05, 4.69) is 10.6 Å². The van der Waals surface area contributed by atoms with Gasteiger partial charge in [-0.15, -0.1) is 12.4 Å². The number of benzene rings is 2. The van der Waals surface area contributed by atoms with Crippen molar-refractivity contribution in [3.05, 3.63) is 59.7 Å². The fourth-order valence-electron chi connectivity index (χ4n) is 2.62. The maximum atomic E-state index is 12.8. The highest BCUT2D eigenvalue weighted by Gasteiger charge is 2.30. The molecule has 4 nitrogen and oxygen atoms in total. The maximum Gasteiger partial charge on any atom is 0.416 e. The normalized spacial score (nSPS) is 16.7. The van der Waals surface area contributed by atoms with Gasteiger partial charge in [-0.1, -0.05) is 12.1 Å². The summed E-state index contributed by atoms with van der Waals surface area (Å²) in [5.74, 6) is 0.132. The smallest absolute Gasteiger partial charge is 0.416 e. The highest BCUT2D eigenvalue weighted by Crippen LogP contribution is 2.32. The molecule has 1 aliphatic rings. The van der Waals surface area contributed by atoms with E-state index in [-0.39, 0.29) is 30.1 Å². The van der Waals surface area contributed by atoms with Crippen LogP contribution in [-0.2, 0) is 6.18 Å². The summed E-state index contributed by atoms with van der Waals surface area (Å²) >= 11 is 0. The Labute approximate surface area is 155 Å². The van der Waals surface area contributed by atoms with Gasteiger partial charge in [0.05, 0.1) is 5.56 Å². The molecule has 1 aliphatic heterocycles. The minimum atomic E-state index is -4.43. The first-order valence-electron chi connectivity index (χ1n) is 7.88. The summed E-state index contributed by atoms with van der Waals surface area (Å²) < 4.78 is 43.8. The van der Waals surface area contributed by atoms with E-state index in [4.69, 9.17) is 4.74 Å². The number of halogens is 4. The second kappa shape index (κ2) is 8.42. The topological polar surface area (TPSA) is 50.4 Å². The Kier molecular flexibility index (Phi) is 6.50. The Balaban J connectivity index is 0.00000243. The molecule has 0 spiro atoms. The molecule has 0 bridgehead atoms. The molecule has 2 aromatic carbocycles. The van der Waals surface area contributed by atoms with Gasteiger partial charge in [-0.25, -0.2) is 0 Å². The van der Waals surface area contributed by atoms with E-state index in [9.17, 15) is 18.0 Å². The summed E-state index contributed by atoms with van der Waals surface area (Å²) in [5.41, 5.74) is -0.385. The number of carbonyl (C=O) groups excluding carboxylic acids is 1. The number of amides is 1. The van der Waals surface area contributed by atoms with Crippen molar-refractivity contribution in [3.8, 4) is 11.5 Å². The number of carbonyl (C=O) groups is 1. The third-order valence-corrected chi connectivity index (χ3v) is 3.89. The molecule has 0 radical (unpaired) electrons. The van der Waals surface area contributed by atoms with Gasteiger partial charge < -0.3 is 15.4 Å². The zero-order valence-corrected chi connectivity index (χ0v) is 14.5. The predicted octanol–water partition coefficient (Wildman–Crippen LogP) is 4.01. The van der Waals surface area contributed by atoms with E-state index < -0.39 is 11.7 Å². The van der Waals surface area contributed by atoms with Crippen LogP contribution in [0.3, 0.4) is 0 Å². The number of hydrogen-bond acceptors (Lipinski definition) is 3. The molecule has 0 aromatic heterocycles. The van der Waals surface area contributed by atoms with Gasteiger partial charge in [0.1, 0.15) is 11.5 Å². The Morgan fingerprint density at radius 2 is 1.81 bits per heavy atom. The van der Waals surface area contributed by atoms with Crippen LogP contribution in [0.4, 0.5) is 13.2 Å². The van der Waals surface area contributed by atoms with Crippen LogP contribution in [-0.4, -0.2) is 25.0 Å². The van der Waals surface area contributed by atoms with Crippen molar-refractivity contribution in [2.45, 2.75) is 18.6 Å². The number of alkyl halides is 3. The first-order valence-corrected chi connectivity index (χ1v) is 7.88. The molecule has 26 heavy (non-hydrogen) atoms. The number of ether oxygens (including phenoxy) is 1. The first kappa shape index (κ1) is 20.1. The van der Waals surface area contributed by atoms with Crippen LogP contribution in [0.25, 0.3) is 0 Å². The number of hydrogen-bond donors (Lipinski definition) is 2. The second-order valence-corrected chi connectivity index (χ2v) is 5.82. The molecule has 2 N–H and O–H groups in total. The molecule has 140 valence electrons. The first-order chi connectivity index (χ1) is 11.9. The van der Waals surface area contributed by atoms with Crippen LogP contribution in [0.15, 0.2) is 48.5 Å². The molecule has 1 unspecified atom stereocenters. The Bertz CT molecular complexity index is 762. The molecular formula is C18H18ClF3N2O2. The van der Waals surface area contributed by atoms with Gasteiger partial charge in [-0.2, -0.15) is 13.2 Å². The van der Waals surface area contributed by atoms with Gasteiger partial charge in [0.2, 0.25) is 0 Å². The highest BCUT2D eigenvalue weighted by molar-refractivity contribution is 5.94. The van der Waals surface area contributed by atoms with E-state index in [1.54, 1.807) is 18.2 Å². The molecular weight excluding hydrogens is 369 g/mol. The zero-order valence-electron chi connectivity index (χ0n) is 13.7. The fourth-order valence-corrected chi connectivity index (χ4v) is 2.62. The van der Waals surface area contributed by atoms with Crippen LogP contribution >= 0.6 is 12.4 Å². The van der Waals surface area contributed by atoms with Crippen molar-refractivity contribution in [2.75, 3.05) is 13.1 Å². The van der Waals surface area contributed by atoms with Gasteiger partial charge in [-0.05, 0) is 49.4 Å². The summed E-state index contributed by atoms with van der Waals surface area (Å²) in [6, 6.07) is 11.1. The quantitative estimate of drug-likeness (QED) is 0.834. The molecule has 1 heterocycles. The monoisotopic (exact) mass is 386 g/mol. The van der Waals surface area contributed by atoms with Crippen molar-refractivity contribution >= 4 is 18.3 Å². The minimum Gasteiger partial charge on any atom is -0.457 e. The lowest BCUT2D eigenvalue weighted by Crippen LogP contribution is -2.36. The average Bonchev–Trinajstić information content (AvgIpc) is 3.07. The molecule has 2 aromatic rings. The number of rotatable bonds is 4.